The number of hydrogen-bond acceptors (Lipinski definition) is 4. The summed E-state index contributed by atoms with van der Waals surface area (Å²) in [5.41, 5.74) is 9.16. The first-order valence-electron chi connectivity index (χ1n) is 7.04. The third-order valence-corrected chi connectivity index (χ3v) is 3.72. The number of hydrogen-bond donors (Lipinski definition) is 2. The van der Waals surface area contributed by atoms with Gasteiger partial charge in [0, 0.05) is 36.6 Å². The van der Waals surface area contributed by atoms with Crippen molar-refractivity contribution in [2.24, 2.45) is 0 Å². The van der Waals surface area contributed by atoms with Gasteiger partial charge in [-0.1, -0.05) is 24.8 Å². The number of carbonyl (C=O) groups is 1. The molecule has 0 saturated carbocycles. The van der Waals surface area contributed by atoms with Gasteiger partial charge in [0.2, 0.25) is 0 Å². The van der Waals surface area contributed by atoms with Crippen molar-refractivity contribution in [1.29, 1.82) is 0 Å². The summed E-state index contributed by atoms with van der Waals surface area (Å²) in [6, 6.07) is 5.61. The first-order chi connectivity index (χ1) is 10.0. The van der Waals surface area contributed by atoms with Gasteiger partial charge in [-0.05, 0) is 31.5 Å². The van der Waals surface area contributed by atoms with Gasteiger partial charge in [-0.15, -0.1) is 6.58 Å². The fraction of sp³-hybridized carbons (Fsp3) is 0.353. The van der Waals surface area contributed by atoms with Crippen molar-refractivity contribution in [3.8, 4) is 0 Å². The van der Waals surface area contributed by atoms with E-state index in [1.807, 2.05) is 26.2 Å². The Labute approximate surface area is 127 Å². The summed E-state index contributed by atoms with van der Waals surface area (Å²) in [4.78, 5) is 13.3. The molecular weight excluding hydrogens is 262 g/mol. The van der Waals surface area contributed by atoms with Crippen LogP contribution in [0.2, 0.25) is 0 Å². The van der Waals surface area contributed by atoms with E-state index in [2.05, 4.69) is 23.4 Å². The van der Waals surface area contributed by atoms with Crippen molar-refractivity contribution < 1.29 is 4.79 Å². The van der Waals surface area contributed by atoms with Gasteiger partial charge in [-0.3, -0.25) is 9.69 Å². The zero-order chi connectivity index (χ0) is 15.8. The maximum atomic E-state index is 11.1. The van der Waals surface area contributed by atoms with E-state index >= 15 is 0 Å². The summed E-state index contributed by atoms with van der Waals surface area (Å²) >= 11 is 0. The van der Waals surface area contributed by atoms with Crippen LogP contribution in [-0.2, 0) is 6.54 Å². The number of nitrogens with one attached hydrogen (secondary N) is 1. The van der Waals surface area contributed by atoms with E-state index in [-0.39, 0.29) is 6.04 Å². The molecule has 4 nitrogen and oxygen atoms in total. The Kier molecular flexibility index (Phi) is 6.69. The van der Waals surface area contributed by atoms with Gasteiger partial charge in [-0.2, -0.15) is 0 Å². The Morgan fingerprint density at radius 2 is 2.24 bits per heavy atom. The SMILES string of the molecule is C=CC(CCC(=C)NC)N(C)Cc1c(N)cccc1C=O. The number of rotatable bonds is 9. The molecule has 1 aromatic carbocycles. The molecule has 0 aliphatic heterocycles. The normalized spacial score (nSPS) is 12.0. The number of allylic oxidation sites excluding steroid dienone is 1. The average Bonchev–Trinajstić information content (AvgIpc) is 2.49. The van der Waals surface area contributed by atoms with Crippen LogP contribution in [0.4, 0.5) is 5.69 Å². The first-order valence-corrected chi connectivity index (χ1v) is 7.04. The molecule has 0 bridgehead atoms. The fourth-order valence-corrected chi connectivity index (χ4v) is 2.25. The Morgan fingerprint density at radius 3 is 2.81 bits per heavy atom. The minimum atomic E-state index is 0.203. The van der Waals surface area contributed by atoms with Crippen molar-refractivity contribution in [1.82, 2.24) is 10.2 Å². The zero-order valence-corrected chi connectivity index (χ0v) is 12.9. The molecule has 0 aromatic heterocycles. The highest BCUT2D eigenvalue weighted by molar-refractivity contribution is 5.80. The van der Waals surface area contributed by atoms with Gasteiger partial charge in [0.1, 0.15) is 6.29 Å². The highest BCUT2D eigenvalue weighted by Crippen LogP contribution is 2.20. The van der Waals surface area contributed by atoms with Gasteiger partial charge in [0.05, 0.1) is 0 Å². The average molecular weight is 287 g/mol. The lowest BCUT2D eigenvalue weighted by atomic mass is 10.0. The number of nitrogens with zero attached hydrogens (tertiary/aromatic N) is 1. The van der Waals surface area contributed by atoms with Crippen molar-refractivity contribution in [3.05, 3.63) is 54.3 Å². The third kappa shape index (κ3) is 4.76. The molecule has 0 amide bonds. The van der Waals surface area contributed by atoms with Crippen LogP contribution in [-0.4, -0.2) is 31.3 Å². The molecule has 1 atom stereocenters. The molecule has 0 heterocycles. The van der Waals surface area contributed by atoms with Gasteiger partial charge in [0.25, 0.3) is 0 Å². The van der Waals surface area contributed by atoms with Crippen molar-refractivity contribution in [2.45, 2.75) is 25.4 Å². The number of carbonyl (C=O) groups excluding carboxylic acids is 1. The van der Waals surface area contributed by atoms with Crippen LogP contribution in [0.3, 0.4) is 0 Å². The smallest absolute Gasteiger partial charge is 0.150 e. The van der Waals surface area contributed by atoms with Crippen LogP contribution in [0, 0.1) is 0 Å². The Bertz CT molecular complexity index is 511. The molecule has 3 N–H and O–H groups in total. The third-order valence-electron chi connectivity index (χ3n) is 3.72. The number of likely N-dealkylation sites (N-methyl/N-ethyl adjacent to an activating group) is 1. The summed E-state index contributed by atoms with van der Waals surface area (Å²) in [5, 5.41) is 3.05. The second-order valence-electron chi connectivity index (χ2n) is 5.14. The van der Waals surface area contributed by atoms with Gasteiger partial charge < -0.3 is 11.1 Å². The van der Waals surface area contributed by atoms with E-state index in [4.69, 9.17) is 5.73 Å². The molecule has 0 aliphatic rings. The Morgan fingerprint density at radius 1 is 1.52 bits per heavy atom. The van der Waals surface area contributed by atoms with E-state index in [9.17, 15) is 4.79 Å². The summed E-state index contributed by atoms with van der Waals surface area (Å²) in [7, 11) is 3.88. The topological polar surface area (TPSA) is 58.4 Å². The summed E-state index contributed by atoms with van der Waals surface area (Å²) in [6.45, 7) is 8.45. The number of nitrogen functional groups attached to an aromatic ring is 1. The van der Waals surface area contributed by atoms with Crippen molar-refractivity contribution >= 4 is 12.0 Å². The molecule has 0 saturated heterocycles. The van der Waals surface area contributed by atoms with E-state index < -0.39 is 0 Å². The summed E-state index contributed by atoms with van der Waals surface area (Å²) < 4.78 is 0. The predicted octanol–water partition coefficient (Wildman–Crippen LogP) is 2.58. The molecule has 21 heavy (non-hydrogen) atoms. The van der Waals surface area contributed by atoms with Crippen LogP contribution < -0.4 is 11.1 Å². The number of aldehydes is 1. The second kappa shape index (κ2) is 8.27. The van der Waals surface area contributed by atoms with Crippen LogP contribution in [0.1, 0.15) is 28.8 Å². The van der Waals surface area contributed by atoms with Crippen LogP contribution in [0.15, 0.2) is 43.1 Å². The molecule has 0 fully saturated rings. The molecule has 0 radical (unpaired) electrons. The molecule has 114 valence electrons. The lowest BCUT2D eigenvalue weighted by Crippen LogP contribution is -2.30. The van der Waals surface area contributed by atoms with E-state index in [0.29, 0.717) is 17.8 Å². The molecule has 4 heteroatoms. The molecule has 1 aromatic rings. The van der Waals surface area contributed by atoms with Crippen LogP contribution in [0.5, 0.6) is 0 Å². The molecule has 1 rings (SSSR count). The largest absolute Gasteiger partial charge is 0.398 e. The Balaban J connectivity index is 2.78. The zero-order valence-electron chi connectivity index (χ0n) is 12.9. The van der Waals surface area contributed by atoms with Gasteiger partial charge in [-0.25, -0.2) is 0 Å². The van der Waals surface area contributed by atoms with Gasteiger partial charge >= 0.3 is 0 Å². The first kappa shape index (κ1) is 17.0. The predicted molar refractivity (Wildman–Crippen MR) is 89.1 cm³/mol. The summed E-state index contributed by atoms with van der Waals surface area (Å²) in [5.74, 6) is 0. The summed E-state index contributed by atoms with van der Waals surface area (Å²) in [6.07, 6.45) is 4.57. The highest BCUT2D eigenvalue weighted by atomic mass is 16.1. The lowest BCUT2D eigenvalue weighted by Gasteiger charge is -2.26. The lowest BCUT2D eigenvalue weighted by molar-refractivity contribution is 0.112. The quantitative estimate of drug-likeness (QED) is 0.416. The van der Waals surface area contributed by atoms with E-state index in [0.717, 1.165) is 30.4 Å². The maximum Gasteiger partial charge on any atom is 0.150 e. The van der Waals surface area contributed by atoms with Gasteiger partial charge in [0.15, 0.2) is 0 Å². The number of nitrogens with two attached hydrogens (primary N) is 1. The van der Waals surface area contributed by atoms with Crippen molar-refractivity contribution in [3.63, 3.8) is 0 Å². The highest BCUT2D eigenvalue weighted by Gasteiger charge is 2.15. The minimum Gasteiger partial charge on any atom is -0.398 e. The van der Waals surface area contributed by atoms with E-state index in [1.54, 1.807) is 12.1 Å². The molecule has 1 unspecified atom stereocenters. The monoisotopic (exact) mass is 287 g/mol. The molecule has 0 aliphatic carbocycles. The molecular formula is C17H25N3O. The number of benzene rings is 1. The van der Waals surface area contributed by atoms with Crippen molar-refractivity contribution in [2.75, 3.05) is 19.8 Å². The maximum absolute atomic E-state index is 11.1. The Hall–Kier alpha value is -2.07. The molecule has 0 spiro atoms. The standard InChI is InChI=1S/C17H25N3O/c1-5-15(10-9-13(2)19-3)20(4)11-16-14(12-21)7-6-8-17(16)18/h5-8,12,15,19H,1-2,9-11,18H2,3-4H3. The minimum absolute atomic E-state index is 0.203. The fourth-order valence-electron chi connectivity index (χ4n) is 2.25. The second-order valence-corrected chi connectivity index (χ2v) is 5.14. The van der Waals surface area contributed by atoms with Crippen LogP contribution >= 0.6 is 0 Å². The number of anilines is 1. The van der Waals surface area contributed by atoms with Crippen LogP contribution in [0.25, 0.3) is 0 Å². The van der Waals surface area contributed by atoms with E-state index in [1.165, 1.54) is 0 Å².